The van der Waals surface area contributed by atoms with Crippen LogP contribution in [0, 0.1) is 0 Å². The minimum atomic E-state index is -0.326. The Kier molecular flexibility index (Phi) is 9.56. The Labute approximate surface area is 212 Å². The molecular formula is C25H28BrN5O4. The van der Waals surface area contributed by atoms with Crippen LogP contribution in [-0.2, 0) is 14.3 Å². The predicted octanol–water partition coefficient (Wildman–Crippen LogP) is 4.52. The van der Waals surface area contributed by atoms with E-state index < -0.39 is 0 Å². The van der Waals surface area contributed by atoms with Gasteiger partial charge >= 0.3 is 5.97 Å². The first-order chi connectivity index (χ1) is 16.9. The Morgan fingerprint density at radius 1 is 1.17 bits per heavy atom. The molecule has 0 unspecified atom stereocenters. The van der Waals surface area contributed by atoms with Crippen molar-refractivity contribution in [3.63, 3.8) is 0 Å². The molecule has 2 aromatic carbocycles. The zero-order chi connectivity index (χ0) is 25.2. The van der Waals surface area contributed by atoms with Gasteiger partial charge < -0.3 is 20.1 Å². The average Bonchev–Trinajstić information content (AvgIpc) is 2.83. The Bertz CT molecular complexity index is 1220. The van der Waals surface area contributed by atoms with Crippen molar-refractivity contribution in [2.24, 2.45) is 0 Å². The third-order valence-electron chi connectivity index (χ3n) is 5.04. The van der Waals surface area contributed by atoms with E-state index in [4.69, 9.17) is 9.47 Å². The van der Waals surface area contributed by atoms with E-state index in [1.54, 1.807) is 25.1 Å². The number of nitrogens with one attached hydrogen (secondary N) is 2. The van der Waals surface area contributed by atoms with Crippen molar-refractivity contribution >= 4 is 55.9 Å². The Morgan fingerprint density at radius 2 is 2.00 bits per heavy atom. The number of rotatable bonds is 11. The van der Waals surface area contributed by atoms with Gasteiger partial charge in [-0.1, -0.05) is 35.0 Å². The van der Waals surface area contributed by atoms with Gasteiger partial charge in [0.15, 0.2) is 0 Å². The first-order valence-corrected chi connectivity index (χ1v) is 11.9. The molecule has 0 bridgehead atoms. The van der Waals surface area contributed by atoms with Crippen molar-refractivity contribution in [2.75, 3.05) is 44.0 Å². The minimum absolute atomic E-state index is 0.169. The smallest absolute Gasteiger partial charge is 0.320 e. The molecule has 1 heterocycles. The number of nitrogens with zero attached hydrogens (tertiary/aromatic N) is 3. The lowest BCUT2D eigenvalue weighted by Crippen LogP contribution is -2.31. The summed E-state index contributed by atoms with van der Waals surface area (Å²) < 4.78 is 11.4. The van der Waals surface area contributed by atoms with E-state index in [1.807, 2.05) is 36.1 Å². The van der Waals surface area contributed by atoms with Crippen LogP contribution in [0.15, 0.2) is 59.4 Å². The number of aromatic nitrogens is 2. The van der Waals surface area contributed by atoms with Crippen molar-refractivity contribution in [3.8, 4) is 5.75 Å². The summed E-state index contributed by atoms with van der Waals surface area (Å²) in [7, 11) is 1.53. The number of fused-ring (bicyclic) bond motifs is 1. The van der Waals surface area contributed by atoms with Crippen molar-refractivity contribution in [3.05, 3.63) is 59.4 Å². The molecule has 9 nitrogen and oxygen atoms in total. The quantitative estimate of drug-likeness (QED) is 0.269. The van der Waals surface area contributed by atoms with Crippen LogP contribution in [0.1, 0.15) is 13.8 Å². The number of benzene rings is 2. The molecule has 0 aliphatic carbocycles. The van der Waals surface area contributed by atoms with Crippen molar-refractivity contribution < 1.29 is 19.1 Å². The fourth-order valence-electron chi connectivity index (χ4n) is 3.33. The van der Waals surface area contributed by atoms with Crippen molar-refractivity contribution in [1.29, 1.82) is 0 Å². The van der Waals surface area contributed by atoms with E-state index >= 15 is 0 Å². The van der Waals surface area contributed by atoms with E-state index in [9.17, 15) is 9.59 Å². The van der Waals surface area contributed by atoms with E-state index in [0.717, 1.165) is 15.5 Å². The normalized spacial score (nSPS) is 11.1. The molecule has 3 rings (SSSR count). The molecule has 184 valence electrons. The van der Waals surface area contributed by atoms with Crippen LogP contribution in [0.2, 0.25) is 0 Å². The summed E-state index contributed by atoms with van der Waals surface area (Å²) in [6.07, 6.45) is 4.60. The van der Waals surface area contributed by atoms with Gasteiger partial charge in [-0.15, -0.1) is 0 Å². The monoisotopic (exact) mass is 541 g/mol. The molecule has 1 aromatic heterocycles. The molecule has 35 heavy (non-hydrogen) atoms. The van der Waals surface area contributed by atoms with Crippen LogP contribution in [0.4, 0.5) is 17.2 Å². The molecule has 0 aliphatic heterocycles. The average molecular weight is 542 g/mol. The summed E-state index contributed by atoms with van der Waals surface area (Å²) in [5, 5.41) is 6.87. The molecule has 0 spiro atoms. The van der Waals surface area contributed by atoms with Gasteiger partial charge in [0.25, 0.3) is 0 Å². The minimum Gasteiger partial charge on any atom is -0.494 e. The van der Waals surface area contributed by atoms with Crippen LogP contribution in [0.25, 0.3) is 10.9 Å². The Balaban J connectivity index is 1.76. The number of esters is 1. The van der Waals surface area contributed by atoms with E-state index in [1.165, 1.54) is 19.5 Å². The summed E-state index contributed by atoms with van der Waals surface area (Å²) in [6.45, 7) is 5.30. The molecule has 0 saturated carbocycles. The van der Waals surface area contributed by atoms with Gasteiger partial charge in [0, 0.05) is 34.2 Å². The Morgan fingerprint density at radius 3 is 2.71 bits per heavy atom. The molecule has 0 saturated heterocycles. The highest BCUT2D eigenvalue weighted by atomic mass is 79.9. The molecule has 0 aliphatic rings. The van der Waals surface area contributed by atoms with Gasteiger partial charge in [0.05, 0.1) is 31.5 Å². The van der Waals surface area contributed by atoms with Crippen molar-refractivity contribution in [2.45, 2.75) is 13.8 Å². The number of carbonyl (C=O) groups excluding carboxylic acids is 2. The zero-order valence-electron chi connectivity index (χ0n) is 19.9. The second-order valence-electron chi connectivity index (χ2n) is 7.45. The number of hydrogen-bond acceptors (Lipinski definition) is 8. The van der Waals surface area contributed by atoms with Gasteiger partial charge in [-0.05, 0) is 37.7 Å². The Hall–Kier alpha value is -3.50. The summed E-state index contributed by atoms with van der Waals surface area (Å²) >= 11 is 3.47. The fourth-order valence-corrected chi connectivity index (χ4v) is 3.73. The van der Waals surface area contributed by atoms with Crippen LogP contribution < -0.4 is 15.4 Å². The lowest BCUT2D eigenvalue weighted by atomic mass is 10.2. The van der Waals surface area contributed by atoms with Gasteiger partial charge in [-0.25, -0.2) is 9.97 Å². The maximum absolute atomic E-state index is 12.6. The van der Waals surface area contributed by atoms with Gasteiger partial charge in [0.2, 0.25) is 5.91 Å². The van der Waals surface area contributed by atoms with Crippen LogP contribution in [0.5, 0.6) is 5.75 Å². The topological polar surface area (TPSA) is 106 Å². The van der Waals surface area contributed by atoms with Gasteiger partial charge in [-0.3, -0.25) is 14.5 Å². The third-order valence-corrected chi connectivity index (χ3v) is 5.53. The second-order valence-corrected chi connectivity index (χ2v) is 8.37. The standard InChI is InChI=1S/C25H28BrN5O4/c1-4-31(15-24(33)35-5-2)11-7-10-23(32)30-21-13-19-20(14-22(21)34-3)27-16-28-25(19)29-18-9-6-8-17(26)12-18/h6-10,12-14,16H,4-5,11,15H2,1-3H3,(H,30,32)(H,27,28,29)/b10-7+. The number of carbonyl (C=O) groups is 2. The lowest BCUT2D eigenvalue weighted by molar-refractivity contribution is -0.144. The van der Waals surface area contributed by atoms with E-state index in [-0.39, 0.29) is 18.4 Å². The maximum Gasteiger partial charge on any atom is 0.320 e. The summed E-state index contributed by atoms with van der Waals surface area (Å²) in [5.41, 5.74) is 2.01. The molecule has 0 atom stereocenters. The number of halogens is 1. The summed E-state index contributed by atoms with van der Waals surface area (Å²) in [6, 6.07) is 11.2. The summed E-state index contributed by atoms with van der Waals surface area (Å²) in [5.74, 6) is 0.457. The van der Waals surface area contributed by atoms with Crippen LogP contribution >= 0.6 is 15.9 Å². The fraction of sp³-hybridized carbons (Fsp3) is 0.280. The molecule has 2 N–H and O–H groups in total. The lowest BCUT2D eigenvalue weighted by Gasteiger charge is -2.17. The first-order valence-electron chi connectivity index (χ1n) is 11.1. The molecule has 0 fully saturated rings. The number of likely N-dealkylation sites (N-methyl/N-ethyl adjacent to an activating group) is 1. The van der Waals surface area contributed by atoms with Crippen LogP contribution in [-0.4, -0.2) is 60.1 Å². The predicted molar refractivity (Wildman–Crippen MR) is 140 cm³/mol. The van der Waals surface area contributed by atoms with Gasteiger partial charge in [-0.2, -0.15) is 0 Å². The molecule has 1 amide bonds. The summed E-state index contributed by atoms with van der Waals surface area (Å²) in [4.78, 5) is 34.9. The van der Waals surface area contributed by atoms with Gasteiger partial charge in [0.1, 0.15) is 17.9 Å². The van der Waals surface area contributed by atoms with Crippen LogP contribution in [0.3, 0.4) is 0 Å². The molecule has 0 radical (unpaired) electrons. The molecule has 3 aromatic rings. The van der Waals surface area contributed by atoms with E-state index in [2.05, 4.69) is 36.5 Å². The number of hydrogen-bond donors (Lipinski definition) is 2. The number of methoxy groups -OCH3 is 1. The molecule has 10 heteroatoms. The SMILES string of the molecule is CCOC(=O)CN(CC)C/C=C/C(=O)Nc1cc2c(Nc3cccc(Br)c3)ncnc2cc1OC. The highest BCUT2D eigenvalue weighted by Gasteiger charge is 2.13. The highest BCUT2D eigenvalue weighted by molar-refractivity contribution is 9.10. The number of amides is 1. The third kappa shape index (κ3) is 7.49. The number of anilines is 3. The second kappa shape index (κ2) is 12.8. The first kappa shape index (κ1) is 26.1. The van der Waals surface area contributed by atoms with E-state index in [0.29, 0.717) is 42.5 Å². The molecular weight excluding hydrogens is 514 g/mol. The number of ether oxygens (including phenoxy) is 2. The maximum atomic E-state index is 12.6. The zero-order valence-corrected chi connectivity index (χ0v) is 21.5. The highest BCUT2D eigenvalue weighted by Crippen LogP contribution is 2.33. The largest absolute Gasteiger partial charge is 0.494 e. The van der Waals surface area contributed by atoms with Crippen molar-refractivity contribution in [1.82, 2.24) is 14.9 Å².